The maximum absolute atomic E-state index is 13.2. The highest BCUT2D eigenvalue weighted by Crippen LogP contribution is 2.29. The van der Waals surface area contributed by atoms with Gasteiger partial charge in [0, 0.05) is 18.0 Å². The lowest BCUT2D eigenvalue weighted by Gasteiger charge is -2.11. The maximum atomic E-state index is 13.2. The van der Waals surface area contributed by atoms with E-state index in [1.807, 2.05) is 0 Å². The van der Waals surface area contributed by atoms with E-state index in [-0.39, 0.29) is 20.6 Å². The number of sulfone groups is 2. The second-order valence-electron chi connectivity index (χ2n) is 6.04. The molecule has 154 valence electrons. The van der Waals surface area contributed by atoms with Crippen LogP contribution in [-0.2, 0) is 19.7 Å². The number of nitrogens with one attached hydrogen (secondary N) is 1. The van der Waals surface area contributed by atoms with Crippen molar-refractivity contribution in [2.24, 2.45) is 5.73 Å². The van der Waals surface area contributed by atoms with Gasteiger partial charge in [0.25, 0.3) is 0 Å². The van der Waals surface area contributed by atoms with Crippen LogP contribution in [0.2, 0.25) is 0 Å². The lowest BCUT2D eigenvalue weighted by molar-refractivity contribution is 0.595. The Morgan fingerprint density at radius 1 is 0.833 bits per heavy atom. The summed E-state index contributed by atoms with van der Waals surface area (Å²) < 4.78 is 51.9. The van der Waals surface area contributed by atoms with E-state index in [1.54, 1.807) is 18.2 Å². The molecule has 0 aliphatic carbocycles. The normalized spacial score (nSPS) is 11.5. The van der Waals surface area contributed by atoms with Crippen LogP contribution in [-0.4, -0.2) is 26.8 Å². The number of benzene rings is 2. The zero-order valence-electron chi connectivity index (χ0n) is 15.5. The Morgan fingerprint density at radius 3 is 1.73 bits per heavy atom. The molecule has 0 spiro atoms. The molecule has 0 amide bonds. The van der Waals surface area contributed by atoms with Crippen LogP contribution in [0, 0.1) is 0 Å². The second kappa shape index (κ2) is 8.74. The summed E-state index contributed by atoms with van der Waals surface area (Å²) in [5, 5.41) is 2.65. The number of pyridine rings is 1. The maximum Gasteiger partial charge on any atom is 0.219 e. The largest absolute Gasteiger partial charge is 0.389 e. The minimum absolute atomic E-state index is 0.144. The zero-order chi connectivity index (χ0) is 21.8. The number of nitrogens with two attached hydrogens (primary N) is 1. The fourth-order valence-electron chi connectivity index (χ4n) is 2.49. The highest BCUT2D eigenvalue weighted by Gasteiger charge is 2.33. The van der Waals surface area contributed by atoms with E-state index in [0.29, 0.717) is 5.56 Å². The SMILES string of the molecule is NC(=S)c1ccc(NC=C(S(=O)(=O)c2ccccc2)S(=O)(=O)c2ccccc2)nc1. The van der Waals surface area contributed by atoms with Gasteiger partial charge in [-0.3, -0.25) is 0 Å². The minimum atomic E-state index is -4.36. The van der Waals surface area contributed by atoms with Crippen LogP contribution < -0.4 is 11.1 Å². The molecule has 0 saturated carbocycles. The number of thiocarbonyl (C=S) groups is 1. The van der Waals surface area contributed by atoms with Crippen LogP contribution >= 0.6 is 12.2 Å². The third-order valence-electron chi connectivity index (χ3n) is 4.02. The molecule has 0 fully saturated rings. The van der Waals surface area contributed by atoms with Crippen molar-refractivity contribution < 1.29 is 16.8 Å². The summed E-state index contributed by atoms with van der Waals surface area (Å²) in [6.07, 6.45) is 2.32. The second-order valence-corrected chi connectivity index (χ2v) is 10.6. The van der Waals surface area contributed by atoms with Crippen LogP contribution in [0.15, 0.2) is 99.2 Å². The van der Waals surface area contributed by atoms with Gasteiger partial charge >= 0.3 is 0 Å². The number of aromatic nitrogens is 1. The van der Waals surface area contributed by atoms with Crippen molar-refractivity contribution in [3.63, 3.8) is 0 Å². The lowest BCUT2D eigenvalue weighted by atomic mass is 10.3. The Hall–Kier alpha value is -3.08. The first kappa shape index (κ1) is 21.6. The number of hydrogen-bond donors (Lipinski definition) is 2. The van der Waals surface area contributed by atoms with Gasteiger partial charge < -0.3 is 11.1 Å². The summed E-state index contributed by atoms with van der Waals surface area (Å²) in [4.78, 5) is 3.94. The molecule has 1 aromatic heterocycles. The van der Waals surface area contributed by atoms with Gasteiger partial charge in [-0.2, -0.15) is 0 Å². The molecule has 3 rings (SSSR count). The monoisotopic (exact) mass is 459 g/mol. The highest BCUT2D eigenvalue weighted by molar-refractivity contribution is 8.14. The van der Waals surface area contributed by atoms with Crippen LogP contribution in [0.5, 0.6) is 0 Å². The molecule has 0 aliphatic heterocycles. The van der Waals surface area contributed by atoms with Gasteiger partial charge in [0.05, 0.1) is 9.79 Å². The Balaban J connectivity index is 2.10. The van der Waals surface area contributed by atoms with E-state index in [9.17, 15) is 16.8 Å². The molecule has 0 radical (unpaired) electrons. The van der Waals surface area contributed by atoms with Crippen molar-refractivity contribution in [3.05, 3.63) is 95.0 Å². The molecular weight excluding hydrogens is 442 g/mol. The quantitative estimate of drug-likeness (QED) is 0.518. The van der Waals surface area contributed by atoms with Gasteiger partial charge in [-0.15, -0.1) is 0 Å². The van der Waals surface area contributed by atoms with Crippen molar-refractivity contribution in [3.8, 4) is 0 Å². The minimum Gasteiger partial charge on any atom is -0.389 e. The molecule has 3 aromatic rings. The molecule has 0 atom stereocenters. The molecule has 0 saturated heterocycles. The van der Waals surface area contributed by atoms with Crippen LogP contribution in [0.4, 0.5) is 5.82 Å². The summed E-state index contributed by atoms with van der Waals surface area (Å²) in [6.45, 7) is 0. The van der Waals surface area contributed by atoms with Crippen LogP contribution in [0.25, 0.3) is 0 Å². The molecule has 7 nitrogen and oxygen atoms in total. The van der Waals surface area contributed by atoms with Crippen LogP contribution in [0.3, 0.4) is 0 Å². The van der Waals surface area contributed by atoms with Crippen molar-refractivity contribution >= 4 is 42.7 Å². The smallest absolute Gasteiger partial charge is 0.219 e. The van der Waals surface area contributed by atoms with Crippen molar-refractivity contribution in [1.82, 2.24) is 4.98 Å². The molecule has 0 aliphatic rings. The first-order chi connectivity index (χ1) is 14.2. The topological polar surface area (TPSA) is 119 Å². The Labute approximate surface area is 180 Å². The molecule has 3 N–H and O–H groups in total. The van der Waals surface area contributed by atoms with Crippen molar-refractivity contribution in [1.29, 1.82) is 0 Å². The predicted molar refractivity (Wildman–Crippen MR) is 119 cm³/mol. The third kappa shape index (κ3) is 4.56. The Kier molecular flexibility index (Phi) is 6.30. The zero-order valence-corrected chi connectivity index (χ0v) is 17.9. The average Bonchev–Trinajstić information content (AvgIpc) is 2.75. The summed E-state index contributed by atoms with van der Waals surface area (Å²) in [5.74, 6) is 0.221. The summed E-state index contributed by atoms with van der Waals surface area (Å²) in [6, 6.07) is 17.8. The van der Waals surface area contributed by atoms with Crippen molar-refractivity contribution in [2.75, 3.05) is 5.32 Å². The molecule has 0 bridgehead atoms. The summed E-state index contributed by atoms with van der Waals surface area (Å²) in [7, 11) is -8.71. The molecule has 1 heterocycles. The van der Waals surface area contributed by atoms with E-state index in [4.69, 9.17) is 18.0 Å². The average molecular weight is 460 g/mol. The van der Waals surface area contributed by atoms with Gasteiger partial charge in [-0.1, -0.05) is 48.6 Å². The number of anilines is 1. The summed E-state index contributed by atoms with van der Waals surface area (Å²) >= 11 is 4.86. The molecular formula is C20H17N3O4S3. The van der Waals surface area contributed by atoms with Gasteiger partial charge in [0.1, 0.15) is 10.8 Å². The molecule has 30 heavy (non-hydrogen) atoms. The van der Waals surface area contributed by atoms with Gasteiger partial charge in [0.2, 0.25) is 19.7 Å². The fraction of sp³-hybridized carbons (Fsp3) is 0. The van der Waals surface area contributed by atoms with E-state index >= 15 is 0 Å². The van der Waals surface area contributed by atoms with E-state index < -0.39 is 23.9 Å². The standard InChI is InChI=1S/C20H17N3O4S3/c21-20(28)15-11-12-18(22-13-15)23-14-19(29(24,25)16-7-3-1-4-8-16)30(26,27)17-9-5-2-6-10-17/h1-14H,(H2,21,28)(H,22,23). The van der Waals surface area contributed by atoms with Gasteiger partial charge in [-0.05, 0) is 36.4 Å². The Bertz CT molecular complexity index is 1220. The first-order valence-electron chi connectivity index (χ1n) is 8.56. The number of rotatable bonds is 7. The molecule has 2 aromatic carbocycles. The summed E-state index contributed by atoms with van der Waals surface area (Å²) in [5.41, 5.74) is 6.05. The van der Waals surface area contributed by atoms with Crippen LogP contribution in [0.1, 0.15) is 5.56 Å². The lowest BCUT2D eigenvalue weighted by Crippen LogP contribution is -2.17. The third-order valence-corrected chi connectivity index (χ3v) is 8.66. The first-order valence-corrected chi connectivity index (χ1v) is 11.9. The fourth-order valence-corrected chi connectivity index (χ4v) is 6.27. The van der Waals surface area contributed by atoms with E-state index in [1.165, 1.54) is 60.8 Å². The van der Waals surface area contributed by atoms with E-state index in [2.05, 4.69) is 10.3 Å². The molecule has 10 heteroatoms. The van der Waals surface area contributed by atoms with Gasteiger partial charge in [0.15, 0.2) is 4.24 Å². The predicted octanol–water partition coefficient (Wildman–Crippen LogP) is 2.87. The van der Waals surface area contributed by atoms with E-state index in [0.717, 1.165) is 6.20 Å². The number of hydrogen-bond acceptors (Lipinski definition) is 7. The van der Waals surface area contributed by atoms with Gasteiger partial charge in [-0.25, -0.2) is 21.8 Å². The molecule has 0 unspecified atom stereocenters. The number of nitrogens with zero attached hydrogens (tertiary/aromatic N) is 1. The highest BCUT2D eigenvalue weighted by atomic mass is 32.3. The van der Waals surface area contributed by atoms with Crippen molar-refractivity contribution in [2.45, 2.75) is 9.79 Å². The Morgan fingerprint density at radius 2 is 1.33 bits per heavy atom.